The Morgan fingerprint density at radius 2 is 1.12 bits per heavy atom. The van der Waals surface area contributed by atoms with E-state index in [1.165, 1.54) is 99.8 Å². The summed E-state index contributed by atoms with van der Waals surface area (Å²) in [6, 6.07) is 74.8. The van der Waals surface area contributed by atoms with Crippen LogP contribution in [0.25, 0.3) is 72.2 Å². The third-order valence-corrected chi connectivity index (χ3v) is 15.4. The highest BCUT2D eigenvalue weighted by Crippen LogP contribution is 2.62. The minimum absolute atomic E-state index is 0.131. The van der Waals surface area contributed by atoms with Gasteiger partial charge in [0.25, 0.3) is 0 Å². The van der Waals surface area contributed by atoms with Crippen LogP contribution in [0.5, 0.6) is 0 Å². The van der Waals surface area contributed by atoms with Gasteiger partial charge in [-0.3, -0.25) is 0 Å². The quantitative estimate of drug-likeness (QED) is 0.172. The first-order chi connectivity index (χ1) is 32.8. The fourth-order valence-electron chi connectivity index (χ4n) is 12.4. The molecule has 0 bridgehead atoms. The molecule has 3 nitrogen and oxygen atoms in total. The van der Waals surface area contributed by atoms with Gasteiger partial charge in [0.2, 0.25) is 0 Å². The number of furan rings is 1. The van der Waals surface area contributed by atoms with Gasteiger partial charge in [-0.2, -0.15) is 0 Å². The maximum atomic E-state index is 6.43. The van der Waals surface area contributed by atoms with Crippen LogP contribution in [0.3, 0.4) is 0 Å². The number of para-hydroxylation sites is 1. The number of benzene rings is 9. The molecular formula is C64H46N2O. The van der Waals surface area contributed by atoms with Gasteiger partial charge in [0.05, 0.1) is 34.1 Å². The molecule has 3 aliphatic rings. The van der Waals surface area contributed by atoms with Gasteiger partial charge in [-0.15, -0.1) is 0 Å². The van der Waals surface area contributed by atoms with Gasteiger partial charge in [0.15, 0.2) is 0 Å². The Bertz CT molecular complexity index is 3860. The van der Waals surface area contributed by atoms with E-state index in [0.717, 1.165) is 33.9 Å². The molecule has 67 heavy (non-hydrogen) atoms. The van der Waals surface area contributed by atoms with E-state index in [1.54, 1.807) is 0 Å². The van der Waals surface area contributed by atoms with Crippen LogP contribution < -0.4 is 4.90 Å². The SMILES string of the molecule is Cc1ccc2c(c1)c1cc(C)cc3c1n2-c1ccc(-c2ccc(N(c4ccc5c(c4)C(C)(C)c4ccccc4-5)c4ccccc4-c4ccccc4)cc2)cc1C31c2ccccc2-c2occc21. The number of anilines is 3. The zero-order chi connectivity index (χ0) is 44.8. The number of rotatable bonds is 5. The first-order valence-electron chi connectivity index (χ1n) is 23.5. The highest BCUT2D eigenvalue weighted by atomic mass is 16.3. The summed E-state index contributed by atoms with van der Waals surface area (Å²) in [5, 5.41) is 2.58. The number of aromatic nitrogens is 1. The lowest BCUT2D eigenvalue weighted by Crippen LogP contribution is -2.33. The molecule has 3 heteroatoms. The maximum absolute atomic E-state index is 6.43. The van der Waals surface area contributed by atoms with Crippen LogP contribution in [0.2, 0.25) is 0 Å². The van der Waals surface area contributed by atoms with Gasteiger partial charge < -0.3 is 13.9 Å². The topological polar surface area (TPSA) is 21.3 Å². The van der Waals surface area contributed by atoms with E-state index in [0.29, 0.717) is 0 Å². The molecule has 14 rings (SSSR count). The summed E-state index contributed by atoms with van der Waals surface area (Å²) in [6.07, 6.45) is 1.88. The molecule has 318 valence electrons. The average molecular weight is 859 g/mol. The molecule has 0 radical (unpaired) electrons. The van der Waals surface area contributed by atoms with Crippen LogP contribution in [0.15, 0.2) is 211 Å². The molecule has 1 unspecified atom stereocenters. The molecule has 11 aromatic rings. The molecular weight excluding hydrogens is 813 g/mol. The second-order valence-corrected chi connectivity index (χ2v) is 19.4. The Labute approximate surface area is 390 Å². The van der Waals surface area contributed by atoms with Crippen molar-refractivity contribution in [2.24, 2.45) is 0 Å². The van der Waals surface area contributed by atoms with Crippen LogP contribution in [-0.4, -0.2) is 4.57 Å². The number of hydrogen-bond acceptors (Lipinski definition) is 2. The first kappa shape index (κ1) is 38.2. The fraction of sp³-hybridized carbons (Fsp3) is 0.0938. The van der Waals surface area contributed by atoms with Crippen molar-refractivity contribution in [3.63, 3.8) is 0 Å². The van der Waals surface area contributed by atoms with Gasteiger partial charge in [-0.1, -0.05) is 158 Å². The van der Waals surface area contributed by atoms with Crippen molar-refractivity contribution in [2.45, 2.75) is 38.5 Å². The highest BCUT2D eigenvalue weighted by molar-refractivity contribution is 6.13. The molecule has 0 fully saturated rings. The second kappa shape index (κ2) is 13.7. The molecule has 2 aliphatic carbocycles. The minimum Gasteiger partial charge on any atom is -0.464 e. The summed E-state index contributed by atoms with van der Waals surface area (Å²) in [4.78, 5) is 2.45. The zero-order valence-electron chi connectivity index (χ0n) is 37.9. The van der Waals surface area contributed by atoms with E-state index < -0.39 is 5.41 Å². The van der Waals surface area contributed by atoms with E-state index in [2.05, 4.69) is 237 Å². The maximum Gasteiger partial charge on any atom is 0.138 e. The molecule has 1 spiro atoms. The number of aryl methyl sites for hydroxylation is 2. The Hall–Kier alpha value is -8.14. The Balaban J connectivity index is 0.969. The van der Waals surface area contributed by atoms with E-state index in [-0.39, 0.29) is 5.41 Å². The van der Waals surface area contributed by atoms with Crippen molar-refractivity contribution in [3.05, 3.63) is 251 Å². The van der Waals surface area contributed by atoms with Gasteiger partial charge in [-0.05, 0) is 136 Å². The molecule has 0 amide bonds. The summed E-state index contributed by atoms with van der Waals surface area (Å²) in [5.74, 6) is 0.959. The van der Waals surface area contributed by atoms with Crippen molar-refractivity contribution < 1.29 is 4.42 Å². The molecule has 1 atom stereocenters. The monoisotopic (exact) mass is 858 g/mol. The molecule has 9 aromatic carbocycles. The molecule has 2 aromatic heterocycles. The molecule has 1 aliphatic heterocycles. The third-order valence-electron chi connectivity index (χ3n) is 15.4. The standard InChI is InChI=1S/C64H46N2O/c1-39-22-30-59-50(34-39)51-35-40(2)36-57-61(51)66(59)60-31-25-43(37-56(60)64(57)53-20-12-9-18-49(53)62-54(64)32-33-67-62)41-23-26-44(27-24-41)65(58-21-13-10-16-46(58)42-14-6-5-7-15-42)45-28-29-48-47-17-8-11-19-52(47)63(3,4)55(48)38-45/h5-38H,1-4H3. The smallest absolute Gasteiger partial charge is 0.138 e. The van der Waals surface area contributed by atoms with Crippen molar-refractivity contribution in [1.29, 1.82) is 0 Å². The van der Waals surface area contributed by atoms with E-state index in [1.807, 2.05) is 6.26 Å². The largest absolute Gasteiger partial charge is 0.464 e. The predicted octanol–water partition coefficient (Wildman–Crippen LogP) is 16.8. The lowest BCUT2D eigenvalue weighted by atomic mass is 9.65. The van der Waals surface area contributed by atoms with E-state index >= 15 is 0 Å². The van der Waals surface area contributed by atoms with Crippen molar-refractivity contribution in [1.82, 2.24) is 4.57 Å². The third kappa shape index (κ3) is 5.12. The van der Waals surface area contributed by atoms with E-state index in [9.17, 15) is 0 Å². The summed E-state index contributed by atoms with van der Waals surface area (Å²) < 4.78 is 8.97. The van der Waals surface area contributed by atoms with Crippen molar-refractivity contribution in [2.75, 3.05) is 4.90 Å². The normalized spacial score (nSPS) is 15.6. The molecule has 3 heterocycles. The van der Waals surface area contributed by atoms with E-state index in [4.69, 9.17) is 4.42 Å². The lowest BCUT2D eigenvalue weighted by Gasteiger charge is -2.39. The van der Waals surface area contributed by atoms with Crippen LogP contribution in [0, 0.1) is 13.8 Å². The van der Waals surface area contributed by atoms with Crippen molar-refractivity contribution >= 4 is 38.9 Å². The van der Waals surface area contributed by atoms with Crippen LogP contribution in [-0.2, 0) is 10.8 Å². The summed E-state index contributed by atoms with van der Waals surface area (Å²) >= 11 is 0. The molecule has 0 saturated heterocycles. The number of nitrogens with zero attached hydrogens (tertiary/aromatic N) is 2. The van der Waals surface area contributed by atoms with Crippen LogP contribution in [0.4, 0.5) is 17.1 Å². The highest BCUT2D eigenvalue weighted by Gasteiger charge is 2.52. The number of fused-ring (bicyclic) bond motifs is 15. The zero-order valence-corrected chi connectivity index (χ0v) is 37.9. The van der Waals surface area contributed by atoms with Crippen LogP contribution >= 0.6 is 0 Å². The fourth-order valence-corrected chi connectivity index (χ4v) is 12.4. The summed E-state index contributed by atoms with van der Waals surface area (Å²) in [7, 11) is 0. The Morgan fingerprint density at radius 1 is 0.433 bits per heavy atom. The summed E-state index contributed by atoms with van der Waals surface area (Å²) in [5.41, 5.74) is 25.2. The lowest BCUT2D eigenvalue weighted by molar-refractivity contribution is 0.581. The average Bonchev–Trinajstić information content (AvgIpc) is 4.10. The predicted molar refractivity (Wildman–Crippen MR) is 277 cm³/mol. The Kier molecular flexibility index (Phi) is 7.80. The van der Waals surface area contributed by atoms with Gasteiger partial charge in [-0.25, -0.2) is 0 Å². The van der Waals surface area contributed by atoms with Gasteiger partial charge in [0.1, 0.15) is 5.76 Å². The van der Waals surface area contributed by atoms with Crippen LogP contribution in [0.1, 0.15) is 58.4 Å². The minimum atomic E-state index is -0.577. The molecule has 0 saturated carbocycles. The van der Waals surface area contributed by atoms with Gasteiger partial charge >= 0.3 is 0 Å². The summed E-state index contributed by atoms with van der Waals surface area (Å²) in [6.45, 7) is 9.17. The van der Waals surface area contributed by atoms with Gasteiger partial charge in [0, 0.05) is 44.3 Å². The molecule has 0 N–H and O–H groups in total. The first-order valence-corrected chi connectivity index (χ1v) is 23.5. The second-order valence-electron chi connectivity index (χ2n) is 19.4. The van der Waals surface area contributed by atoms with Crippen molar-refractivity contribution in [3.8, 4) is 50.4 Å². The number of hydrogen-bond donors (Lipinski definition) is 0. The Morgan fingerprint density at radius 3 is 1.96 bits per heavy atom.